The topological polar surface area (TPSA) is 16.1 Å². The molecule has 0 unspecified atom stereocenters. The van der Waals surface area contributed by atoms with Crippen molar-refractivity contribution >= 4 is 29.0 Å². The molecule has 1 saturated heterocycles. The Kier molecular flexibility index (Phi) is 2.27. The van der Waals surface area contributed by atoms with E-state index in [-0.39, 0.29) is 13.1 Å². The number of halogens is 4. The normalized spacial score (nSPS) is 19.3. The van der Waals surface area contributed by atoms with Gasteiger partial charge in [-0.15, -0.1) is 0 Å². The summed E-state index contributed by atoms with van der Waals surface area (Å²) in [4.78, 5) is 5.31. The minimum absolute atomic E-state index is 0.299. The lowest BCUT2D eigenvalue weighted by molar-refractivity contribution is -0.0266. The summed E-state index contributed by atoms with van der Waals surface area (Å²) in [5.41, 5.74) is 0. The number of hydrogen-bond donors (Lipinski definition) is 0. The van der Waals surface area contributed by atoms with Gasteiger partial charge in [0, 0.05) is 6.20 Å². The van der Waals surface area contributed by atoms with Crippen LogP contribution in [-0.2, 0) is 0 Å². The molecule has 0 radical (unpaired) electrons. The minimum atomic E-state index is -2.62. The molecular formula is C8H6Cl2F2N2. The number of anilines is 1. The second-order valence-electron chi connectivity index (χ2n) is 3.17. The molecule has 6 heteroatoms. The van der Waals surface area contributed by atoms with Crippen molar-refractivity contribution in [1.29, 1.82) is 0 Å². The van der Waals surface area contributed by atoms with Crippen LogP contribution in [0.5, 0.6) is 0 Å². The van der Waals surface area contributed by atoms with E-state index < -0.39 is 5.92 Å². The zero-order valence-electron chi connectivity index (χ0n) is 6.98. The number of alkyl halides is 2. The van der Waals surface area contributed by atoms with Crippen molar-refractivity contribution in [1.82, 2.24) is 4.98 Å². The van der Waals surface area contributed by atoms with Crippen LogP contribution in [0.3, 0.4) is 0 Å². The Bertz CT molecular complexity index is 362. The van der Waals surface area contributed by atoms with E-state index >= 15 is 0 Å². The Morgan fingerprint density at radius 3 is 2.50 bits per heavy atom. The summed E-state index contributed by atoms with van der Waals surface area (Å²) in [6, 6.07) is 1.49. The van der Waals surface area contributed by atoms with Crippen LogP contribution in [0, 0.1) is 0 Å². The van der Waals surface area contributed by atoms with E-state index in [1.54, 1.807) is 0 Å². The standard InChI is InChI=1S/C8H6Cl2F2N2/c9-5-1-6(10)7(13-2-5)14-3-8(11,12)4-14/h1-2H,3-4H2. The summed E-state index contributed by atoms with van der Waals surface area (Å²) in [5.74, 6) is -2.26. The molecule has 1 aliphatic heterocycles. The first kappa shape index (κ1) is 9.93. The summed E-state index contributed by atoms with van der Waals surface area (Å²) in [7, 11) is 0. The zero-order chi connectivity index (χ0) is 10.3. The second-order valence-corrected chi connectivity index (χ2v) is 4.01. The molecule has 2 heterocycles. The fraction of sp³-hybridized carbons (Fsp3) is 0.375. The monoisotopic (exact) mass is 238 g/mol. The van der Waals surface area contributed by atoms with Crippen LogP contribution in [0.15, 0.2) is 12.3 Å². The van der Waals surface area contributed by atoms with Crippen molar-refractivity contribution in [2.45, 2.75) is 5.92 Å². The highest BCUT2D eigenvalue weighted by Gasteiger charge is 2.45. The van der Waals surface area contributed by atoms with Gasteiger partial charge in [0.2, 0.25) is 0 Å². The van der Waals surface area contributed by atoms with Crippen molar-refractivity contribution in [2.24, 2.45) is 0 Å². The van der Waals surface area contributed by atoms with Crippen LogP contribution >= 0.6 is 23.2 Å². The molecule has 0 saturated carbocycles. The predicted molar refractivity (Wildman–Crippen MR) is 51.4 cm³/mol. The average molecular weight is 239 g/mol. The first-order valence-corrected chi connectivity index (χ1v) is 4.67. The highest BCUT2D eigenvalue weighted by molar-refractivity contribution is 6.36. The number of nitrogens with zero attached hydrogens (tertiary/aromatic N) is 2. The molecule has 0 atom stereocenters. The Hall–Kier alpha value is -0.610. The van der Waals surface area contributed by atoms with Crippen molar-refractivity contribution in [3.05, 3.63) is 22.3 Å². The Morgan fingerprint density at radius 1 is 1.36 bits per heavy atom. The quantitative estimate of drug-likeness (QED) is 0.749. The maximum atomic E-state index is 12.5. The summed E-state index contributed by atoms with van der Waals surface area (Å²) < 4.78 is 25.1. The molecule has 0 aliphatic carbocycles. The lowest BCUT2D eigenvalue weighted by Crippen LogP contribution is -2.56. The Morgan fingerprint density at radius 2 is 2.00 bits per heavy atom. The van der Waals surface area contributed by atoms with Crippen LogP contribution < -0.4 is 4.90 Å². The van der Waals surface area contributed by atoms with Gasteiger partial charge >= 0.3 is 0 Å². The lowest BCUT2D eigenvalue weighted by atomic mass is 10.1. The number of pyridine rings is 1. The van der Waals surface area contributed by atoms with Gasteiger partial charge in [-0.3, -0.25) is 0 Å². The van der Waals surface area contributed by atoms with Gasteiger partial charge in [0.15, 0.2) is 0 Å². The fourth-order valence-electron chi connectivity index (χ4n) is 1.30. The number of hydrogen-bond acceptors (Lipinski definition) is 2. The molecule has 0 bridgehead atoms. The molecule has 1 aromatic rings. The van der Waals surface area contributed by atoms with Crippen LogP contribution in [-0.4, -0.2) is 24.0 Å². The van der Waals surface area contributed by atoms with E-state index in [1.807, 2.05) is 0 Å². The van der Waals surface area contributed by atoms with Crippen molar-refractivity contribution in [3.63, 3.8) is 0 Å². The number of rotatable bonds is 1. The highest BCUT2D eigenvalue weighted by Crippen LogP contribution is 2.35. The van der Waals surface area contributed by atoms with Crippen molar-refractivity contribution in [2.75, 3.05) is 18.0 Å². The summed E-state index contributed by atoms with van der Waals surface area (Å²) in [6.45, 7) is -0.664. The van der Waals surface area contributed by atoms with E-state index in [9.17, 15) is 8.78 Å². The van der Waals surface area contributed by atoms with Crippen molar-refractivity contribution < 1.29 is 8.78 Å². The van der Waals surface area contributed by atoms with E-state index in [4.69, 9.17) is 23.2 Å². The van der Waals surface area contributed by atoms with Gasteiger partial charge < -0.3 is 4.90 Å². The Labute approximate surface area is 89.4 Å². The molecule has 1 aliphatic rings. The number of aromatic nitrogens is 1. The van der Waals surface area contributed by atoms with Gasteiger partial charge in [-0.2, -0.15) is 0 Å². The zero-order valence-corrected chi connectivity index (χ0v) is 8.49. The third kappa shape index (κ3) is 1.77. The van der Waals surface area contributed by atoms with E-state index in [1.165, 1.54) is 17.2 Å². The molecule has 76 valence electrons. The summed E-state index contributed by atoms with van der Waals surface area (Å²) in [5, 5.41) is 0.694. The van der Waals surface area contributed by atoms with Crippen LogP contribution in [0.4, 0.5) is 14.6 Å². The predicted octanol–water partition coefficient (Wildman–Crippen LogP) is 2.84. The third-order valence-electron chi connectivity index (χ3n) is 1.93. The maximum absolute atomic E-state index is 12.5. The lowest BCUT2D eigenvalue weighted by Gasteiger charge is -2.39. The van der Waals surface area contributed by atoms with Gasteiger partial charge in [-0.1, -0.05) is 23.2 Å². The third-order valence-corrected chi connectivity index (χ3v) is 2.42. The maximum Gasteiger partial charge on any atom is 0.282 e. The Balaban J connectivity index is 2.19. The van der Waals surface area contributed by atoms with E-state index in [0.29, 0.717) is 15.9 Å². The van der Waals surface area contributed by atoms with E-state index in [2.05, 4.69) is 4.98 Å². The first-order valence-electron chi connectivity index (χ1n) is 3.92. The van der Waals surface area contributed by atoms with Gasteiger partial charge in [0.25, 0.3) is 5.92 Å². The SMILES string of the molecule is FC1(F)CN(c2ncc(Cl)cc2Cl)C1. The fourth-order valence-corrected chi connectivity index (χ4v) is 1.80. The van der Waals surface area contributed by atoms with Gasteiger partial charge in [0.05, 0.1) is 23.1 Å². The molecule has 2 nitrogen and oxygen atoms in total. The van der Waals surface area contributed by atoms with Crippen LogP contribution in [0.25, 0.3) is 0 Å². The van der Waals surface area contributed by atoms with Crippen LogP contribution in [0.2, 0.25) is 10.0 Å². The van der Waals surface area contributed by atoms with Gasteiger partial charge in [-0.05, 0) is 6.07 Å². The molecule has 1 aromatic heterocycles. The highest BCUT2D eigenvalue weighted by atomic mass is 35.5. The molecule has 1 fully saturated rings. The molecular weight excluding hydrogens is 233 g/mol. The summed E-state index contributed by atoms with van der Waals surface area (Å²) in [6.07, 6.45) is 1.39. The van der Waals surface area contributed by atoms with Gasteiger partial charge in [0.1, 0.15) is 5.82 Å². The smallest absolute Gasteiger partial charge is 0.282 e. The van der Waals surface area contributed by atoms with Crippen LogP contribution in [0.1, 0.15) is 0 Å². The first-order chi connectivity index (χ1) is 6.48. The largest absolute Gasteiger partial charge is 0.343 e. The average Bonchev–Trinajstić information content (AvgIpc) is 2.00. The molecule has 0 N–H and O–H groups in total. The molecule has 0 aromatic carbocycles. The van der Waals surface area contributed by atoms with Gasteiger partial charge in [-0.25, -0.2) is 13.8 Å². The molecule has 14 heavy (non-hydrogen) atoms. The van der Waals surface area contributed by atoms with Crippen molar-refractivity contribution in [3.8, 4) is 0 Å². The minimum Gasteiger partial charge on any atom is -0.343 e. The molecule has 0 spiro atoms. The molecule has 2 rings (SSSR count). The van der Waals surface area contributed by atoms with E-state index in [0.717, 1.165) is 0 Å². The second kappa shape index (κ2) is 3.21. The molecule has 0 amide bonds. The summed E-state index contributed by atoms with van der Waals surface area (Å²) >= 11 is 11.4.